The minimum absolute atomic E-state index is 0.281. The maximum Gasteiger partial charge on any atom is 0.104 e. The summed E-state index contributed by atoms with van der Waals surface area (Å²) in [5.41, 5.74) is 2.46. The quantitative estimate of drug-likeness (QED) is 0.824. The van der Waals surface area contributed by atoms with Gasteiger partial charge >= 0.3 is 0 Å². The molecule has 1 aromatic carbocycles. The van der Waals surface area contributed by atoms with Crippen molar-refractivity contribution in [1.82, 2.24) is 4.98 Å². The van der Waals surface area contributed by atoms with E-state index in [0.717, 1.165) is 23.0 Å². The summed E-state index contributed by atoms with van der Waals surface area (Å²) in [6.07, 6.45) is 0.00256. The molecule has 0 fully saturated rings. The maximum atomic E-state index is 9.70. The number of hydrogen-bond donors (Lipinski definition) is 2. The summed E-state index contributed by atoms with van der Waals surface area (Å²) in [5.74, 6) is 0. The number of para-hydroxylation sites is 1. The third kappa shape index (κ3) is 1.92. The van der Waals surface area contributed by atoms with Crippen molar-refractivity contribution in [1.29, 1.82) is 0 Å². The molecule has 0 amide bonds. The Kier molecular flexibility index (Phi) is 3.17. The second-order valence-electron chi connectivity index (χ2n) is 3.77. The molecule has 16 heavy (non-hydrogen) atoms. The van der Waals surface area contributed by atoms with E-state index in [9.17, 15) is 5.11 Å². The molecule has 0 aliphatic carbocycles. The molecule has 0 bridgehead atoms. The van der Waals surface area contributed by atoms with Gasteiger partial charge in [-0.2, -0.15) is 0 Å². The largest absolute Gasteiger partial charge is 0.393 e. The first-order valence-corrected chi connectivity index (χ1v) is 5.43. The Bertz CT molecular complexity index is 496. The predicted molar refractivity (Wildman–Crippen MR) is 63.2 cm³/mol. The van der Waals surface area contributed by atoms with E-state index < -0.39 is 6.10 Å². The lowest BCUT2D eigenvalue weighted by Gasteiger charge is -2.11. The van der Waals surface area contributed by atoms with Crippen molar-refractivity contribution in [2.24, 2.45) is 0 Å². The van der Waals surface area contributed by atoms with Gasteiger partial charge in [0.25, 0.3) is 0 Å². The number of benzene rings is 1. The number of aryl methyl sites for hydroxylation is 1. The standard InChI is InChI=1S/C13H15NO2/c1-2-10-7-6-9-4-3-5-11(12(16)8-15)13(9)14-10/h3-7,12,15-16H,2,8H2,1H3/t12-/m0/s1. The smallest absolute Gasteiger partial charge is 0.104 e. The molecule has 1 heterocycles. The van der Waals surface area contributed by atoms with Gasteiger partial charge in [0.15, 0.2) is 0 Å². The van der Waals surface area contributed by atoms with Crippen LogP contribution < -0.4 is 0 Å². The van der Waals surface area contributed by atoms with Crippen LogP contribution in [0.5, 0.6) is 0 Å². The average Bonchev–Trinajstić information content (AvgIpc) is 2.36. The normalized spacial score (nSPS) is 12.9. The molecule has 0 radical (unpaired) electrons. The van der Waals surface area contributed by atoms with Crippen LogP contribution in [0, 0.1) is 0 Å². The van der Waals surface area contributed by atoms with Crippen LogP contribution in [0.1, 0.15) is 24.3 Å². The van der Waals surface area contributed by atoms with E-state index in [1.54, 1.807) is 6.07 Å². The lowest BCUT2D eigenvalue weighted by atomic mass is 10.0. The molecule has 3 nitrogen and oxygen atoms in total. The van der Waals surface area contributed by atoms with Crippen molar-refractivity contribution < 1.29 is 10.2 Å². The Morgan fingerprint density at radius 2 is 2.06 bits per heavy atom. The van der Waals surface area contributed by atoms with Crippen LogP contribution in [-0.2, 0) is 6.42 Å². The van der Waals surface area contributed by atoms with Crippen LogP contribution in [0.2, 0.25) is 0 Å². The Morgan fingerprint density at radius 1 is 1.25 bits per heavy atom. The number of aromatic nitrogens is 1. The van der Waals surface area contributed by atoms with Crippen molar-refractivity contribution in [2.45, 2.75) is 19.4 Å². The van der Waals surface area contributed by atoms with E-state index in [-0.39, 0.29) is 6.61 Å². The minimum Gasteiger partial charge on any atom is -0.393 e. The van der Waals surface area contributed by atoms with Crippen molar-refractivity contribution in [2.75, 3.05) is 6.61 Å². The lowest BCUT2D eigenvalue weighted by molar-refractivity contribution is 0.0966. The molecule has 2 rings (SSSR count). The molecule has 0 saturated heterocycles. The van der Waals surface area contributed by atoms with E-state index in [0.29, 0.717) is 5.56 Å². The van der Waals surface area contributed by atoms with Crippen LogP contribution in [0.25, 0.3) is 10.9 Å². The molecule has 2 N–H and O–H groups in total. The maximum absolute atomic E-state index is 9.70. The van der Waals surface area contributed by atoms with Gasteiger partial charge in [-0.25, -0.2) is 0 Å². The van der Waals surface area contributed by atoms with Gasteiger partial charge in [-0.15, -0.1) is 0 Å². The molecular weight excluding hydrogens is 202 g/mol. The Labute approximate surface area is 94.4 Å². The summed E-state index contributed by atoms with van der Waals surface area (Å²) < 4.78 is 0. The van der Waals surface area contributed by atoms with Gasteiger partial charge in [0.2, 0.25) is 0 Å². The van der Waals surface area contributed by atoms with E-state index in [4.69, 9.17) is 5.11 Å². The first kappa shape index (κ1) is 11.0. The van der Waals surface area contributed by atoms with Gasteiger partial charge in [0.1, 0.15) is 6.10 Å². The van der Waals surface area contributed by atoms with Gasteiger partial charge in [-0.1, -0.05) is 31.2 Å². The monoisotopic (exact) mass is 217 g/mol. The number of aliphatic hydroxyl groups excluding tert-OH is 2. The highest BCUT2D eigenvalue weighted by Gasteiger charge is 2.11. The zero-order chi connectivity index (χ0) is 11.5. The number of rotatable bonds is 3. The fraction of sp³-hybridized carbons (Fsp3) is 0.308. The number of nitrogens with zero attached hydrogens (tertiary/aromatic N) is 1. The Balaban J connectivity index is 2.64. The highest BCUT2D eigenvalue weighted by molar-refractivity contribution is 5.82. The molecule has 2 aromatic rings. The van der Waals surface area contributed by atoms with E-state index >= 15 is 0 Å². The second-order valence-corrected chi connectivity index (χ2v) is 3.77. The first-order chi connectivity index (χ1) is 7.76. The van der Waals surface area contributed by atoms with Crippen molar-refractivity contribution in [3.05, 3.63) is 41.6 Å². The summed E-state index contributed by atoms with van der Waals surface area (Å²) in [6.45, 7) is 1.76. The second kappa shape index (κ2) is 4.60. The molecular formula is C13H15NO2. The fourth-order valence-electron chi connectivity index (χ4n) is 1.77. The third-order valence-corrected chi connectivity index (χ3v) is 2.70. The number of pyridine rings is 1. The van der Waals surface area contributed by atoms with Crippen molar-refractivity contribution >= 4 is 10.9 Å². The Morgan fingerprint density at radius 3 is 2.75 bits per heavy atom. The molecule has 3 heteroatoms. The van der Waals surface area contributed by atoms with Crippen LogP contribution in [0.4, 0.5) is 0 Å². The zero-order valence-corrected chi connectivity index (χ0v) is 9.22. The number of aliphatic hydroxyl groups is 2. The number of hydrogen-bond acceptors (Lipinski definition) is 3. The molecule has 1 atom stereocenters. The fourth-order valence-corrected chi connectivity index (χ4v) is 1.77. The minimum atomic E-state index is -0.858. The molecule has 0 saturated carbocycles. The van der Waals surface area contributed by atoms with E-state index in [1.165, 1.54) is 0 Å². The SMILES string of the molecule is CCc1ccc2cccc([C@@H](O)CO)c2n1. The predicted octanol–water partition coefficient (Wildman–Crippen LogP) is 1.82. The summed E-state index contributed by atoms with van der Waals surface area (Å²) in [6, 6.07) is 9.60. The van der Waals surface area contributed by atoms with Crippen LogP contribution >= 0.6 is 0 Å². The van der Waals surface area contributed by atoms with Gasteiger partial charge in [-0.3, -0.25) is 4.98 Å². The summed E-state index contributed by atoms with van der Waals surface area (Å²) in [4.78, 5) is 4.49. The molecule has 84 valence electrons. The highest BCUT2D eigenvalue weighted by atomic mass is 16.3. The molecule has 0 unspecified atom stereocenters. The van der Waals surface area contributed by atoms with Crippen LogP contribution in [0.15, 0.2) is 30.3 Å². The van der Waals surface area contributed by atoms with Crippen molar-refractivity contribution in [3.8, 4) is 0 Å². The first-order valence-electron chi connectivity index (χ1n) is 5.43. The van der Waals surface area contributed by atoms with E-state index in [2.05, 4.69) is 4.98 Å². The zero-order valence-electron chi connectivity index (χ0n) is 9.22. The van der Waals surface area contributed by atoms with E-state index in [1.807, 2.05) is 31.2 Å². The summed E-state index contributed by atoms with van der Waals surface area (Å²) in [5, 5.41) is 19.7. The van der Waals surface area contributed by atoms with Crippen LogP contribution in [0.3, 0.4) is 0 Å². The van der Waals surface area contributed by atoms with Crippen molar-refractivity contribution in [3.63, 3.8) is 0 Å². The van der Waals surface area contributed by atoms with Gasteiger partial charge < -0.3 is 10.2 Å². The van der Waals surface area contributed by atoms with Gasteiger partial charge in [0.05, 0.1) is 12.1 Å². The highest BCUT2D eigenvalue weighted by Crippen LogP contribution is 2.22. The van der Waals surface area contributed by atoms with Crippen LogP contribution in [-0.4, -0.2) is 21.8 Å². The number of fused-ring (bicyclic) bond motifs is 1. The topological polar surface area (TPSA) is 53.4 Å². The average molecular weight is 217 g/mol. The van der Waals surface area contributed by atoms with Gasteiger partial charge in [-0.05, 0) is 12.5 Å². The van der Waals surface area contributed by atoms with Gasteiger partial charge in [0, 0.05) is 16.6 Å². The molecule has 1 aromatic heterocycles. The summed E-state index contributed by atoms with van der Waals surface area (Å²) in [7, 11) is 0. The molecule has 0 aliphatic rings. The lowest BCUT2D eigenvalue weighted by Crippen LogP contribution is -2.04. The Hall–Kier alpha value is -1.45. The third-order valence-electron chi connectivity index (χ3n) is 2.70. The molecule has 0 spiro atoms. The molecule has 0 aliphatic heterocycles. The summed E-state index contributed by atoms with van der Waals surface area (Å²) >= 11 is 0.